The van der Waals surface area contributed by atoms with Crippen LogP contribution in [0.1, 0.15) is 10.4 Å². The van der Waals surface area contributed by atoms with Crippen molar-refractivity contribution in [2.45, 2.75) is 0 Å². The molecule has 0 amide bonds. The number of carbonyl (C=O) groups excluding carboxylic acids is 1. The summed E-state index contributed by atoms with van der Waals surface area (Å²) in [5.41, 5.74) is 0.946. The molecular formula is C11H10BrNO3S. The van der Waals surface area contributed by atoms with Crippen LogP contribution in [0, 0.1) is 0 Å². The Morgan fingerprint density at radius 2 is 2.00 bits per heavy atom. The largest absolute Gasteiger partial charge is 0.293 e. The third kappa shape index (κ3) is 2.14. The van der Waals surface area contributed by atoms with E-state index in [0.29, 0.717) is 16.5 Å². The summed E-state index contributed by atoms with van der Waals surface area (Å²) in [6.07, 6.45) is 2.49. The number of carbonyl (C=O) groups is 1. The topological polar surface area (TPSA) is 56.1 Å². The van der Waals surface area contributed by atoms with Gasteiger partial charge in [0.25, 0.3) is 0 Å². The molecule has 1 aromatic carbocycles. The van der Waals surface area contributed by atoms with E-state index >= 15 is 0 Å². The highest BCUT2D eigenvalue weighted by Crippen LogP contribution is 2.23. The molecule has 0 radical (unpaired) electrons. The van der Waals surface area contributed by atoms with Crippen LogP contribution in [0.4, 0.5) is 0 Å². The van der Waals surface area contributed by atoms with Crippen LogP contribution in [-0.4, -0.2) is 29.8 Å². The van der Waals surface area contributed by atoms with Crippen LogP contribution in [0.5, 0.6) is 0 Å². The maximum Gasteiger partial charge on any atom is 0.236 e. The van der Waals surface area contributed by atoms with Gasteiger partial charge in [-0.2, -0.15) is 0 Å². The van der Waals surface area contributed by atoms with E-state index < -0.39 is 10.0 Å². The van der Waals surface area contributed by atoms with Gasteiger partial charge in [0.15, 0.2) is 5.78 Å². The average Bonchev–Trinajstić information content (AvgIpc) is 2.67. The van der Waals surface area contributed by atoms with Crippen LogP contribution in [0.25, 0.3) is 10.9 Å². The minimum Gasteiger partial charge on any atom is -0.293 e. The molecule has 0 aliphatic carbocycles. The van der Waals surface area contributed by atoms with E-state index in [0.717, 1.165) is 10.2 Å². The molecule has 1 aromatic heterocycles. The van der Waals surface area contributed by atoms with Gasteiger partial charge in [0.2, 0.25) is 10.0 Å². The lowest BCUT2D eigenvalue weighted by Gasteiger charge is -2.00. The Morgan fingerprint density at radius 1 is 1.35 bits per heavy atom. The fraction of sp³-hybridized carbons (Fsp3) is 0.182. The van der Waals surface area contributed by atoms with Crippen LogP contribution in [0.3, 0.4) is 0 Å². The van der Waals surface area contributed by atoms with Gasteiger partial charge in [-0.3, -0.25) is 4.79 Å². The van der Waals surface area contributed by atoms with E-state index in [2.05, 4.69) is 15.9 Å². The fourth-order valence-electron chi connectivity index (χ4n) is 1.72. The van der Waals surface area contributed by atoms with E-state index in [1.54, 1.807) is 24.3 Å². The molecule has 90 valence electrons. The number of nitrogens with zero attached hydrogens (tertiary/aromatic N) is 1. The molecule has 4 nitrogen and oxygen atoms in total. The summed E-state index contributed by atoms with van der Waals surface area (Å²) in [4.78, 5) is 11.7. The van der Waals surface area contributed by atoms with Gasteiger partial charge in [-0.15, -0.1) is 0 Å². The first-order chi connectivity index (χ1) is 7.95. The Morgan fingerprint density at radius 3 is 2.59 bits per heavy atom. The zero-order chi connectivity index (χ0) is 12.6. The Balaban J connectivity index is 2.85. The Hall–Kier alpha value is -1.14. The number of aromatic nitrogens is 1. The number of rotatable bonds is 3. The second-order valence-corrected chi connectivity index (χ2v) is 6.10. The molecule has 0 saturated heterocycles. The lowest BCUT2D eigenvalue weighted by molar-refractivity contribution is 0.102. The fourth-order valence-corrected chi connectivity index (χ4v) is 2.83. The summed E-state index contributed by atoms with van der Waals surface area (Å²) in [6, 6.07) is 6.95. The van der Waals surface area contributed by atoms with Crippen LogP contribution in [-0.2, 0) is 10.0 Å². The number of para-hydroxylation sites is 1. The number of Topliss-reactive ketones (excluding diaryl/α,β-unsaturated/α-hetero) is 1. The first kappa shape index (κ1) is 12.3. The van der Waals surface area contributed by atoms with Gasteiger partial charge in [-0.05, 0) is 6.07 Å². The SMILES string of the molecule is CS(=O)(=O)n1cc(C(=O)CBr)c2ccccc21. The molecule has 0 aliphatic heterocycles. The van der Waals surface area contributed by atoms with E-state index in [4.69, 9.17) is 0 Å². The third-order valence-electron chi connectivity index (χ3n) is 2.46. The highest BCUT2D eigenvalue weighted by Gasteiger charge is 2.17. The number of fused-ring (bicyclic) bond motifs is 1. The van der Waals surface area contributed by atoms with Crippen molar-refractivity contribution in [3.05, 3.63) is 36.0 Å². The minimum absolute atomic E-state index is 0.136. The van der Waals surface area contributed by atoms with Gasteiger partial charge in [-0.1, -0.05) is 34.1 Å². The van der Waals surface area contributed by atoms with Crippen LogP contribution < -0.4 is 0 Å². The van der Waals surface area contributed by atoms with Crippen molar-refractivity contribution >= 4 is 42.6 Å². The molecule has 0 bridgehead atoms. The molecule has 0 spiro atoms. The molecule has 2 rings (SSSR count). The van der Waals surface area contributed by atoms with Crippen LogP contribution in [0.15, 0.2) is 30.5 Å². The molecule has 0 atom stereocenters. The van der Waals surface area contributed by atoms with E-state index in [-0.39, 0.29) is 11.1 Å². The molecule has 6 heteroatoms. The number of halogens is 1. The molecule has 0 saturated carbocycles. The first-order valence-corrected chi connectivity index (χ1v) is 7.82. The van der Waals surface area contributed by atoms with Gasteiger partial charge < -0.3 is 0 Å². The van der Waals surface area contributed by atoms with Gasteiger partial charge in [0.05, 0.1) is 17.1 Å². The van der Waals surface area contributed by atoms with Crippen LogP contribution in [0.2, 0.25) is 0 Å². The maximum atomic E-state index is 11.7. The predicted octanol–water partition coefficient (Wildman–Crippen LogP) is 2.03. The molecule has 1 heterocycles. The molecule has 2 aromatic rings. The Bertz CT molecular complexity index is 688. The minimum atomic E-state index is -3.40. The van der Waals surface area contributed by atoms with E-state index in [1.165, 1.54) is 6.20 Å². The van der Waals surface area contributed by atoms with Crippen molar-refractivity contribution in [1.82, 2.24) is 3.97 Å². The maximum absolute atomic E-state index is 11.7. The van der Waals surface area contributed by atoms with Gasteiger partial charge >= 0.3 is 0 Å². The van der Waals surface area contributed by atoms with E-state index in [9.17, 15) is 13.2 Å². The first-order valence-electron chi connectivity index (χ1n) is 4.85. The summed E-state index contributed by atoms with van der Waals surface area (Å²) in [5, 5.41) is 0.826. The number of hydrogen-bond donors (Lipinski definition) is 0. The number of alkyl halides is 1. The molecular weight excluding hydrogens is 306 g/mol. The lowest BCUT2D eigenvalue weighted by atomic mass is 10.1. The van der Waals surface area contributed by atoms with E-state index in [1.807, 2.05) is 0 Å². The van der Waals surface area contributed by atoms with Crippen LogP contribution >= 0.6 is 15.9 Å². The van der Waals surface area contributed by atoms with Gasteiger partial charge in [0.1, 0.15) is 0 Å². The van der Waals surface area contributed by atoms with Crippen molar-refractivity contribution in [2.75, 3.05) is 11.6 Å². The number of benzene rings is 1. The highest BCUT2D eigenvalue weighted by molar-refractivity contribution is 9.09. The second kappa shape index (κ2) is 4.27. The summed E-state index contributed by atoms with van der Waals surface area (Å²) in [5.74, 6) is -0.136. The number of ketones is 1. The smallest absolute Gasteiger partial charge is 0.236 e. The normalized spacial score (nSPS) is 11.9. The lowest BCUT2D eigenvalue weighted by Crippen LogP contribution is -2.08. The summed E-state index contributed by atoms with van der Waals surface area (Å²) < 4.78 is 24.4. The van der Waals surface area contributed by atoms with Crippen molar-refractivity contribution in [2.24, 2.45) is 0 Å². The highest BCUT2D eigenvalue weighted by atomic mass is 79.9. The van der Waals surface area contributed by atoms with Crippen molar-refractivity contribution in [3.63, 3.8) is 0 Å². The molecule has 0 fully saturated rings. The molecule has 0 N–H and O–H groups in total. The summed E-state index contributed by atoms with van der Waals surface area (Å²) >= 11 is 3.09. The quantitative estimate of drug-likeness (QED) is 0.643. The van der Waals surface area contributed by atoms with Crippen molar-refractivity contribution < 1.29 is 13.2 Å². The zero-order valence-electron chi connectivity index (χ0n) is 9.05. The van der Waals surface area contributed by atoms with Crippen molar-refractivity contribution in [1.29, 1.82) is 0 Å². The van der Waals surface area contributed by atoms with Gasteiger partial charge in [0, 0.05) is 17.1 Å². The molecule has 0 unspecified atom stereocenters. The number of hydrogen-bond acceptors (Lipinski definition) is 3. The second-order valence-electron chi connectivity index (χ2n) is 3.68. The molecule has 0 aliphatic rings. The molecule has 17 heavy (non-hydrogen) atoms. The average molecular weight is 316 g/mol. The monoisotopic (exact) mass is 315 g/mol. The summed E-state index contributed by atoms with van der Waals surface area (Å²) in [6.45, 7) is 0. The Kier molecular flexibility index (Phi) is 3.09. The Labute approximate surface area is 107 Å². The zero-order valence-corrected chi connectivity index (χ0v) is 11.5. The van der Waals surface area contributed by atoms with Gasteiger partial charge in [-0.25, -0.2) is 12.4 Å². The summed E-state index contributed by atoms with van der Waals surface area (Å²) in [7, 11) is -3.40. The third-order valence-corrected chi connectivity index (χ3v) is 3.98. The standard InChI is InChI=1S/C11H10BrNO3S/c1-17(15,16)13-7-9(11(14)6-12)8-4-2-3-5-10(8)13/h2-5,7H,6H2,1H3. The predicted molar refractivity (Wildman–Crippen MR) is 70.3 cm³/mol. The van der Waals surface area contributed by atoms with Crippen molar-refractivity contribution in [3.8, 4) is 0 Å².